The number of unbranched alkanes of at least 4 members (excludes halogenated alkanes) is 1. The second-order valence-electron chi connectivity index (χ2n) is 13.3. The molecule has 308 valence electrons. The number of amides is 7. The number of thioether (sulfide) groups is 1. The Morgan fingerprint density at radius 2 is 1.38 bits per heavy atom. The number of hydrogen-bond acceptors (Lipinski definition) is 11. The molecule has 0 radical (unpaired) electrons. The molecule has 3 aliphatic heterocycles. The second-order valence-corrected chi connectivity index (χ2v) is 15.0. The highest BCUT2D eigenvalue weighted by atomic mass is 32.2. The van der Waals surface area contributed by atoms with Crippen molar-refractivity contribution in [3.8, 4) is 0 Å². The van der Waals surface area contributed by atoms with E-state index in [-0.39, 0.29) is 55.3 Å². The quantitative estimate of drug-likeness (QED) is 0.0282. The molecule has 17 nitrogen and oxygen atoms in total. The molecule has 0 aliphatic carbocycles. The van der Waals surface area contributed by atoms with Crippen molar-refractivity contribution in [2.45, 2.75) is 68.8 Å². The zero-order chi connectivity index (χ0) is 40.0. The molecule has 3 aliphatic rings. The van der Waals surface area contributed by atoms with Gasteiger partial charge in [0.1, 0.15) is 0 Å². The molecule has 1 aromatic carbocycles. The van der Waals surface area contributed by atoms with Crippen LogP contribution < -0.4 is 37.2 Å². The van der Waals surface area contributed by atoms with Crippen LogP contribution in [0.2, 0.25) is 0 Å². The van der Waals surface area contributed by atoms with Gasteiger partial charge in [0.2, 0.25) is 17.7 Å². The van der Waals surface area contributed by atoms with Gasteiger partial charge in [0, 0.05) is 81.1 Å². The van der Waals surface area contributed by atoms with Crippen LogP contribution in [-0.4, -0.2) is 134 Å². The van der Waals surface area contributed by atoms with Crippen LogP contribution in [0.5, 0.6) is 0 Å². The summed E-state index contributed by atoms with van der Waals surface area (Å²) in [7, 11) is 0. The van der Waals surface area contributed by atoms with E-state index in [2.05, 4.69) is 37.2 Å². The fraction of sp³-hybridized carbons (Fsp3) is 0.595. The first-order chi connectivity index (χ1) is 27.2. The minimum atomic E-state index is -0.398. The number of hydrogen-bond donors (Lipinski definition) is 7. The first-order valence-corrected chi connectivity index (χ1v) is 20.5. The lowest BCUT2D eigenvalue weighted by atomic mass is 10.0. The molecule has 3 atom stereocenters. The number of benzene rings is 1. The predicted octanol–water partition coefficient (Wildman–Crippen LogP) is 0.693. The molecule has 0 spiro atoms. The molecule has 19 heteroatoms. The van der Waals surface area contributed by atoms with Gasteiger partial charge in [-0.15, -0.1) is 0 Å². The minimum absolute atomic E-state index is 0.0155. The van der Waals surface area contributed by atoms with Crippen molar-refractivity contribution in [2.24, 2.45) is 0 Å². The van der Waals surface area contributed by atoms with Gasteiger partial charge in [0.25, 0.3) is 11.8 Å². The summed E-state index contributed by atoms with van der Waals surface area (Å²) in [6.45, 7) is 4.02. The Kier molecular flexibility index (Phi) is 19.9. The lowest BCUT2D eigenvalue weighted by Gasteiger charge is -2.16. The van der Waals surface area contributed by atoms with E-state index in [0.717, 1.165) is 41.2 Å². The lowest BCUT2D eigenvalue weighted by Crippen LogP contribution is -2.39. The molecule has 1 unspecified atom stereocenters. The van der Waals surface area contributed by atoms with Crippen molar-refractivity contribution in [2.75, 3.05) is 76.9 Å². The van der Waals surface area contributed by atoms with Gasteiger partial charge in [-0.25, -0.2) is 4.79 Å². The average molecular weight is 819 g/mol. The fourth-order valence-electron chi connectivity index (χ4n) is 5.97. The zero-order valence-corrected chi connectivity index (χ0v) is 33.2. The van der Waals surface area contributed by atoms with E-state index < -0.39 is 11.8 Å². The Morgan fingerprint density at radius 1 is 0.750 bits per heavy atom. The molecule has 0 aromatic heterocycles. The molecule has 1 aromatic rings. The summed E-state index contributed by atoms with van der Waals surface area (Å²) in [6, 6.07) is 7.87. The molecule has 4 rings (SSSR count). The molecule has 56 heavy (non-hydrogen) atoms. The summed E-state index contributed by atoms with van der Waals surface area (Å²) in [5.74, 6) is -0.264. The normalized spacial score (nSPS) is 18.3. The highest BCUT2D eigenvalue weighted by Crippen LogP contribution is 2.33. The van der Waals surface area contributed by atoms with Gasteiger partial charge >= 0.3 is 6.03 Å². The molecule has 7 amide bonds. The molecule has 7 N–H and O–H groups in total. The van der Waals surface area contributed by atoms with E-state index >= 15 is 0 Å². The fourth-order valence-corrected chi connectivity index (χ4v) is 7.70. The Hall–Kier alpha value is -4.30. The van der Waals surface area contributed by atoms with Gasteiger partial charge in [0.05, 0.1) is 45.1 Å². The van der Waals surface area contributed by atoms with Crippen molar-refractivity contribution < 1.29 is 43.0 Å². The Bertz CT molecular complexity index is 1500. The molecule has 2 fully saturated rings. The third kappa shape index (κ3) is 16.8. The SMILES string of the molecule is O=C(CCN1C(=O)C=CC1=O)NCCCOCCOCCOCCCNC(=O)CNC(=S)Nc1ccc(CNC(=O)CCCCC2SC[C@@H]3NC(=O)N[C@H]23)cc1. The number of anilines is 1. The predicted molar refractivity (Wildman–Crippen MR) is 215 cm³/mol. The summed E-state index contributed by atoms with van der Waals surface area (Å²) >= 11 is 7.20. The molecular formula is C37H54N8O9S2. The van der Waals surface area contributed by atoms with Crippen molar-refractivity contribution in [3.63, 3.8) is 0 Å². The van der Waals surface area contributed by atoms with Gasteiger partial charge in [0.15, 0.2) is 5.11 Å². The summed E-state index contributed by atoms with van der Waals surface area (Å²) in [4.78, 5) is 71.9. The van der Waals surface area contributed by atoms with Crippen molar-refractivity contribution >= 4 is 70.3 Å². The van der Waals surface area contributed by atoms with Crippen LogP contribution in [0.4, 0.5) is 10.5 Å². The number of ether oxygens (including phenoxy) is 3. The van der Waals surface area contributed by atoms with Crippen LogP contribution in [0.15, 0.2) is 36.4 Å². The number of imide groups is 1. The number of urea groups is 1. The summed E-state index contributed by atoms with van der Waals surface area (Å²) in [5.41, 5.74) is 1.72. The minimum Gasteiger partial charge on any atom is -0.379 e. The third-order valence-electron chi connectivity index (χ3n) is 8.97. The van der Waals surface area contributed by atoms with Gasteiger partial charge in [-0.2, -0.15) is 11.8 Å². The van der Waals surface area contributed by atoms with Crippen LogP contribution in [0.1, 0.15) is 50.5 Å². The number of carbonyl (C=O) groups is 6. The van der Waals surface area contributed by atoms with Gasteiger partial charge < -0.3 is 51.4 Å². The standard InChI is InChI=1S/C37H54N8O9S2/c46-30(6-2-1-5-29-35-28(25-56-29)43-36(51)44-35)40-23-26-7-9-27(10-8-26)42-37(55)41-24-32(48)39-15-4-18-53-20-22-54-21-19-52-17-3-14-38-31(47)13-16-45-33(49)11-12-34(45)50/h7-12,28-29,35H,1-6,13-25H2,(H,38,47)(H,39,48)(H,40,46)(H2,41,42,55)(H2,43,44,51)/t28-,29?,35-/m0/s1. The summed E-state index contributed by atoms with van der Waals surface area (Å²) in [6.07, 6.45) is 6.93. The highest BCUT2D eigenvalue weighted by Gasteiger charge is 2.42. The highest BCUT2D eigenvalue weighted by molar-refractivity contribution is 8.00. The summed E-state index contributed by atoms with van der Waals surface area (Å²) in [5, 5.41) is 21.1. The molecule has 2 saturated heterocycles. The molecule has 0 saturated carbocycles. The van der Waals surface area contributed by atoms with Crippen molar-refractivity contribution in [3.05, 3.63) is 42.0 Å². The maximum Gasteiger partial charge on any atom is 0.315 e. The van der Waals surface area contributed by atoms with Crippen molar-refractivity contribution in [1.29, 1.82) is 0 Å². The third-order valence-corrected chi connectivity index (χ3v) is 10.7. The summed E-state index contributed by atoms with van der Waals surface area (Å²) < 4.78 is 16.5. The molecular weight excluding hydrogens is 765 g/mol. The van der Waals surface area contributed by atoms with Crippen LogP contribution in [0, 0.1) is 0 Å². The van der Waals surface area contributed by atoms with Gasteiger partial charge in [-0.3, -0.25) is 28.9 Å². The maximum atomic E-state index is 12.3. The second kappa shape index (κ2) is 25.1. The van der Waals surface area contributed by atoms with E-state index in [4.69, 9.17) is 26.4 Å². The Labute approximate surface area is 336 Å². The van der Waals surface area contributed by atoms with Crippen molar-refractivity contribution in [1.82, 2.24) is 36.8 Å². The number of rotatable bonds is 27. The largest absolute Gasteiger partial charge is 0.379 e. The maximum absolute atomic E-state index is 12.3. The topological polar surface area (TPSA) is 218 Å². The van der Waals surface area contributed by atoms with E-state index in [1.807, 2.05) is 36.0 Å². The van der Waals surface area contributed by atoms with E-state index in [9.17, 15) is 28.8 Å². The number of nitrogens with one attached hydrogen (secondary N) is 7. The zero-order valence-electron chi connectivity index (χ0n) is 31.6. The van der Waals surface area contributed by atoms with Crippen LogP contribution in [-0.2, 0) is 44.7 Å². The van der Waals surface area contributed by atoms with E-state index in [1.54, 1.807) is 0 Å². The average Bonchev–Trinajstić information content (AvgIpc) is 3.85. The van der Waals surface area contributed by atoms with E-state index in [1.165, 1.54) is 12.2 Å². The Balaban J connectivity index is 0.880. The smallest absolute Gasteiger partial charge is 0.315 e. The van der Waals surface area contributed by atoms with Gasteiger partial charge in [-0.05, 0) is 55.6 Å². The number of carbonyl (C=O) groups excluding carboxylic acids is 6. The van der Waals surface area contributed by atoms with Crippen LogP contribution >= 0.6 is 24.0 Å². The van der Waals surface area contributed by atoms with Crippen LogP contribution in [0.3, 0.4) is 0 Å². The van der Waals surface area contributed by atoms with Gasteiger partial charge in [-0.1, -0.05) is 18.6 Å². The van der Waals surface area contributed by atoms with Crippen LogP contribution in [0.25, 0.3) is 0 Å². The van der Waals surface area contributed by atoms with E-state index in [0.29, 0.717) is 88.9 Å². The number of fused-ring (bicyclic) bond motifs is 1. The number of thiocarbonyl (C=S) groups is 1. The molecule has 0 bridgehead atoms. The Morgan fingerprint density at radius 3 is 2.05 bits per heavy atom. The monoisotopic (exact) mass is 818 g/mol. The first kappa shape index (κ1) is 44.4. The molecule has 3 heterocycles. The number of nitrogens with zero attached hydrogens (tertiary/aromatic N) is 1. The first-order valence-electron chi connectivity index (χ1n) is 19.1. The lowest BCUT2D eigenvalue weighted by molar-refractivity contribution is -0.137.